The van der Waals surface area contributed by atoms with Crippen LogP contribution >= 0.6 is 11.3 Å². The van der Waals surface area contributed by atoms with E-state index in [4.69, 9.17) is 19.9 Å². The number of carbonyl (C=O) groups is 1. The molecule has 6 N–H and O–H groups in total. The number of hydrogen-bond acceptors (Lipinski definition) is 9. The Morgan fingerprint density at radius 1 is 1.08 bits per heavy atom. The lowest BCUT2D eigenvalue weighted by molar-refractivity contribution is -0.122. The van der Waals surface area contributed by atoms with Gasteiger partial charge in [0.05, 0.1) is 22.4 Å². The summed E-state index contributed by atoms with van der Waals surface area (Å²) in [5.74, 6) is 0.849. The standard InChI is InChI=1S/C25H26N6O2S.CH2O2/c32-18-12-14-6-1-2-8-16(14)21(18)29-25-30-22(27-15-7-5-11-26-13-15)20(23(33)31-25)24-28-17-9-3-4-10-19(17)34-24;2-1-3/h1-4,6,8-10,15,18,21,26,32H,5,7,11-13H2,(H3,27,29,30,31,33);1H,(H,2,3)/t15-,18-,21+;/m1./s1. The maximum atomic E-state index is 13.4. The van der Waals surface area contributed by atoms with Crippen LogP contribution in [-0.2, 0) is 11.2 Å². The summed E-state index contributed by atoms with van der Waals surface area (Å²) in [5, 5.41) is 28.4. The molecule has 192 valence electrons. The number of H-pyrrole nitrogens is 1. The molecule has 1 saturated heterocycles. The summed E-state index contributed by atoms with van der Waals surface area (Å²) in [6.07, 6.45) is 2.04. The third-order valence-corrected chi connectivity index (χ3v) is 7.61. The summed E-state index contributed by atoms with van der Waals surface area (Å²) < 4.78 is 1.02. The van der Waals surface area contributed by atoms with Crippen LogP contribution in [0.25, 0.3) is 20.8 Å². The Balaban J connectivity index is 0.000000892. The number of rotatable bonds is 5. The summed E-state index contributed by atoms with van der Waals surface area (Å²) in [4.78, 5) is 34.2. The lowest BCUT2D eigenvalue weighted by Crippen LogP contribution is -2.39. The number of hydrogen-bond donors (Lipinski definition) is 6. The van der Waals surface area contributed by atoms with Crippen LogP contribution in [0.4, 0.5) is 11.8 Å². The summed E-state index contributed by atoms with van der Waals surface area (Å²) in [6.45, 7) is 1.56. The van der Waals surface area contributed by atoms with Crippen molar-refractivity contribution in [2.45, 2.75) is 37.5 Å². The first kappa shape index (κ1) is 24.9. The molecule has 6 rings (SSSR count). The highest BCUT2D eigenvalue weighted by Gasteiger charge is 2.31. The topological polar surface area (TPSA) is 152 Å². The van der Waals surface area contributed by atoms with Gasteiger partial charge in [0.1, 0.15) is 16.4 Å². The van der Waals surface area contributed by atoms with Gasteiger partial charge in [-0.25, -0.2) is 4.98 Å². The molecular weight excluding hydrogens is 492 g/mol. The van der Waals surface area contributed by atoms with Crippen LogP contribution in [0.2, 0.25) is 0 Å². The molecule has 3 heterocycles. The molecule has 0 amide bonds. The molecule has 2 aliphatic rings. The maximum Gasteiger partial charge on any atom is 0.290 e. The monoisotopic (exact) mass is 520 g/mol. The molecule has 0 saturated carbocycles. The van der Waals surface area contributed by atoms with Gasteiger partial charge in [-0.05, 0) is 42.6 Å². The van der Waals surface area contributed by atoms with Crippen molar-refractivity contribution in [2.75, 3.05) is 23.7 Å². The molecule has 0 bridgehead atoms. The molecular formula is C26H28N6O4S. The zero-order valence-corrected chi connectivity index (χ0v) is 20.8. The Morgan fingerprint density at radius 2 is 1.86 bits per heavy atom. The highest BCUT2D eigenvalue weighted by molar-refractivity contribution is 7.21. The third kappa shape index (κ3) is 5.33. The van der Waals surface area contributed by atoms with Crippen LogP contribution in [0.3, 0.4) is 0 Å². The van der Waals surface area contributed by atoms with Gasteiger partial charge in [0.15, 0.2) is 0 Å². The van der Waals surface area contributed by atoms with Gasteiger partial charge in [0.25, 0.3) is 12.0 Å². The van der Waals surface area contributed by atoms with Crippen molar-refractivity contribution in [3.63, 3.8) is 0 Å². The van der Waals surface area contributed by atoms with Crippen LogP contribution in [0.15, 0.2) is 53.3 Å². The van der Waals surface area contributed by atoms with Crippen molar-refractivity contribution in [2.24, 2.45) is 0 Å². The molecule has 2 aromatic heterocycles. The van der Waals surface area contributed by atoms with Gasteiger partial charge in [0, 0.05) is 19.0 Å². The van der Waals surface area contributed by atoms with E-state index in [0.29, 0.717) is 28.8 Å². The van der Waals surface area contributed by atoms with Crippen molar-refractivity contribution in [3.8, 4) is 10.6 Å². The lowest BCUT2D eigenvalue weighted by Gasteiger charge is -2.25. The number of para-hydroxylation sites is 1. The smallest absolute Gasteiger partial charge is 0.290 e. The minimum atomic E-state index is -0.592. The van der Waals surface area contributed by atoms with Crippen LogP contribution in [0, 0.1) is 0 Å². The fourth-order valence-electron chi connectivity index (χ4n) is 4.89. The first-order valence-corrected chi connectivity index (χ1v) is 13.0. The van der Waals surface area contributed by atoms with Crippen LogP contribution in [-0.4, -0.2) is 56.9 Å². The molecule has 0 spiro atoms. The molecule has 0 unspecified atom stereocenters. The maximum absolute atomic E-state index is 13.4. The van der Waals surface area contributed by atoms with E-state index in [-0.39, 0.29) is 24.1 Å². The second kappa shape index (κ2) is 11.1. The molecule has 4 aromatic rings. The highest BCUT2D eigenvalue weighted by Crippen LogP contribution is 2.35. The summed E-state index contributed by atoms with van der Waals surface area (Å²) in [6, 6.07) is 15.7. The van der Waals surface area contributed by atoms with Gasteiger partial charge < -0.3 is 26.2 Å². The summed E-state index contributed by atoms with van der Waals surface area (Å²) in [7, 11) is 0. The van der Waals surface area contributed by atoms with E-state index < -0.39 is 6.10 Å². The molecule has 11 heteroatoms. The summed E-state index contributed by atoms with van der Waals surface area (Å²) in [5.41, 5.74) is 3.18. The predicted octanol–water partition coefficient (Wildman–Crippen LogP) is 2.98. The number of aromatic nitrogens is 3. The number of nitrogens with one attached hydrogen (secondary N) is 4. The van der Waals surface area contributed by atoms with E-state index >= 15 is 0 Å². The number of aliphatic hydroxyl groups is 1. The Kier molecular flexibility index (Phi) is 7.45. The van der Waals surface area contributed by atoms with Crippen molar-refractivity contribution in [1.82, 2.24) is 20.3 Å². The molecule has 1 aliphatic carbocycles. The van der Waals surface area contributed by atoms with Crippen LogP contribution < -0.4 is 21.5 Å². The van der Waals surface area contributed by atoms with E-state index in [2.05, 4.69) is 20.9 Å². The fourth-order valence-corrected chi connectivity index (χ4v) is 5.90. The zero-order valence-electron chi connectivity index (χ0n) is 20.0. The predicted molar refractivity (Wildman–Crippen MR) is 144 cm³/mol. The fraction of sp³-hybridized carbons (Fsp3) is 0.308. The molecule has 37 heavy (non-hydrogen) atoms. The lowest BCUT2D eigenvalue weighted by atomic mass is 10.1. The first-order chi connectivity index (χ1) is 18.1. The van der Waals surface area contributed by atoms with Gasteiger partial charge in [-0.1, -0.05) is 36.4 Å². The quantitative estimate of drug-likeness (QED) is 0.218. The van der Waals surface area contributed by atoms with Crippen molar-refractivity contribution in [1.29, 1.82) is 0 Å². The highest BCUT2D eigenvalue weighted by atomic mass is 32.1. The number of anilines is 2. The van der Waals surface area contributed by atoms with Crippen molar-refractivity contribution in [3.05, 3.63) is 70.0 Å². The van der Waals surface area contributed by atoms with Gasteiger partial charge >= 0.3 is 0 Å². The number of thiazole rings is 1. The molecule has 3 atom stereocenters. The molecule has 1 aliphatic heterocycles. The Hall–Kier alpha value is -3.80. The average Bonchev–Trinajstić information content (AvgIpc) is 3.45. The number of fused-ring (bicyclic) bond motifs is 2. The minimum Gasteiger partial charge on any atom is -0.483 e. The van der Waals surface area contributed by atoms with Gasteiger partial charge in [-0.2, -0.15) is 4.98 Å². The Labute approximate surface area is 216 Å². The van der Waals surface area contributed by atoms with Crippen molar-refractivity contribution < 1.29 is 15.0 Å². The van der Waals surface area contributed by atoms with Gasteiger partial charge in [-0.15, -0.1) is 11.3 Å². The number of benzene rings is 2. The number of piperidine rings is 1. The number of aromatic amines is 1. The van der Waals surface area contributed by atoms with Gasteiger partial charge in [-0.3, -0.25) is 14.6 Å². The molecule has 10 nitrogen and oxygen atoms in total. The van der Waals surface area contributed by atoms with E-state index in [0.717, 1.165) is 47.3 Å². The van der Waals surface area contributed by atoms with E-state index in [1.807, 2.05) is 48.5 Å². The first-order valence-electron chi connectivity index (χ1n) is 12.1. The van der Waals surface area contributed by atoms with E-state index in [1.54, 1.807) is 0 Å². The Morgan fingerprint density at radius 3 is 2.65 bits per heavy atom. The number of carboxylic acid groups (broad SMARTS) is 1. The summed E-state index contributed by atoms with van der Waals surface area (Å²) >= 11 is 1.48. The second-order valence-corrected chi connectivity index (χ2v) is 10.0. The van der Waals surface area contributed by atoms with Crippen molar-refractivity contribution >= 4 is 39.8 Å². The van der Waals surface area contributed by atoms with Gasteiger partial charge in [0.2, 0.25) is 5.95 Å². The van der Waals surface area contributed by atoms with E-state index in [1.165, 1.54) is 11.3 Å². The Bertz CT molecular complexity index is 1420. The molecule has 1 fully saturated rings. The average molecular weight is 521 g/mol. The zero-order chi connectivity index (χ0) is 25.8. The SMILES string of the molecule is O=CO.O=c1[nH]c(N[C@H]2c3ccccc3C[C@H]2O)nc(N[C@@H]2CCCNC2)c1-c1nc2ccccc2s1. The van der Waals surface area contributed by atoms with Crippen LogP contribution in [0.1, 0.15) is 30.0 Å². The normalized spacial score (nSPS) is 20.5. The van der Waals surface area contributed by atoms with E-state index in [9.17, 15) is 9.90 Å². The third-order valence-electron chi connectivity index (χ3n) is 6.56. The van der Waals surface area contributed by atoms with Crippen LogP contribution in [0.5, 0.6) is 0 Å². The molecule has 2 aromatic carbocycles. The minimum absolute atomic E-state index is 0.168. The second-order valence-electron chi connectivity index (χ2n) is 9.01. The number of aliphatic hydroxyl groups excluding tert-OH is 1. The molecule has 0 radical (unpaired) electrons. The number of nitrogens with zero attached hydrogens (tertiary/aromatic N) is 2. The largest absolute Gasteiger partial charge is 0.483 e.